The Kier molecular flexibility index (Phi) is 3.34. The van der Waals surface area contributed by atoms with E-state index in [1.54, 1.807) is 11.3 Å². The third-order valence-corrected chi connectivity index (χ3v) is 3.08. The van der Waals surface area contributed by atoms with Gasteiger partial charge in [-0.15, -0.1) is 22.9 Å². The molecule has 1 aromatic heterocycles. The van der Waals surface area contributed by atoms with Crippen molar-refractivity contribution < 1.29 is 0 Å². The van der Waals surface area contributed by atoms with E-state index in [1.807, 2.05) is 0 Å². The van der Waals surface area contributed by atoms with Crippen LogP contribution in [0.15, 0.2) is 5.38 Å². The van der Waals surface area contributed by atoms with Crippen LogP contribution in [-0.2, 0) is 5.88 Å². The van der Waals surface area contributed by atoms with E-state index in [0.717, 1.165) is 11.4 Å². The van der Waals surface area contributed by atoms with Crippen LogP contribution in [0.2, 0.25) is 0 Å². The summed E-state index contributed by atoms with van der Waals surface area (Å²) in [5, 5.41) is 3.13. The molecule has 1 atom stereocenters. The molecule has 62 valence electrons. The highest BCUT2D eigenvalue weighted by Crippen LogP contribution is 2.21. The van der Waals surface area contributed by atoms with Crippen molar-refractivity contribution in [1.82, 2.24) is 4.98 Å². The molecule has 0 aliphatic rings. The first kappa shape index (κ1) is 9.01. The average molecular weight is 190 g/mol. The fraction of sp³-hybridized carbons (Fsp3) is 0.625. The quantitative estimate of drug-likeness (QED) is 0.665. The van der Waals surface area contributed by atoms with Crippen molar-refractivity contribution in [1.29, 1.82) is 0 Å². The van der Waals surface area contributed by atoms with Gasteiger partial charge in [0, 0.05) is 5.38 Å². The summed E-state index contributed by atoms with van der Waals surface area (Å²) in [4.78, 5) is 4.39. The van der Waals surface area contributed by atoms with Crippen LogP contribution in [0.3, 0.4) is 0 Å². The van der Waals surface area contributed by atoms with E-state index in [-0.39, 0.29) is 0 Å². The van der Waals surface area contributed by atoms with E-state index in [4.69, 9.17) is 11.6 Å². The molecule has 0 amide bonds. The maximum absolute atomic E-state index is 5.64. The molecular weight excluding hydrogens is 178 g/mol. The Hall–Kier alpha value is -0.0800. The monoisotopic (exact) mass is 189 g/mol. The lowest BCUT2D eigenvalue weighted by molar-refractivity contribution is 0.711. The molecule has 0 bridgehead atoms. The van der Waals surface area contributed by atoms with Gasteiger partial charge in [0.2, 0.25) is 0 Å². The zero-order valence-electron chi connectivity index (χ0n) is 6.80. The Bertz CT molecular complexity index is 222. The van der Waals surface area contributed by atoms with Crippen LogP contribution in [0.25, 0.3) is 0 Å². The molecule has 0 radical (unpaired) electrons. The fourth-order valence-electron chi connectivity index (χ4n) is 0.822. The Morgan fingerprint density at radius 1 is 1.73 bits per heavy atom. The molecule has 0 aliphatic heterocycles. The second kappa shape index (κ2) is 4.07. The number of alkyl halides is 1. The van der Waals surface area contributed by atoms with E-state index in [1.165, 1.54) is 5.69 Å². The SMILES string of the molecule is CCC(C)c1csc(CCl)n1. The summed E-state index contributed by atoms with van der Waals surface area (Å²) in [6.07, 6.45) is 1.14. The van der Waals surface area contributed by atoms with Crippen molar-refractivity contribution in [2.45, 2.75) is 32.1 Å². The second-order valence-corrected chi connectivity index (χ2v) is 3.82. The number of aromatic nitrogens is 1. The van der Waals surface area contributed by atoms with Crippen LogP contribution in [0.4, 0.5) is 0 Å². The van der Waals surface area contributed by atoms with Crippen molar-refractivity contribution in [2.24, 2.45) is 0 Å². The minimum Gasteiger partial charge on any atom is -0.245 e. The third kappa shape index (κ3) is 2.17. The molecule has 3 heteroatoms. The number of nitrogens with zero attached hydrogens (tertiary/aromatic N) is 1. The molecule has 0 spiro atoms. The summed E-state index contributed by atoms with van der Waals surface area (Å²) in [7, 11) is 0. The Labute approximate surface area is 76.4 Å². The summed E-state index contributed by atoms with van der Waals surface area (Å²) in [5.41, 5.74) is 1.19. The Balaban J connectivity index is 2.71. The third-order valence-electron chi connectivity index (χ3n) is 1.80. The lowest BCUT2D eigenvalue weighted by Gasteiger charge is -2.01. The van der Waals surface area contributed by atoms with Gasteiger partial charge in [-0.25, -0.2) is 4.98 Å². The van der Waals surface area contributed by atoms with Crippen LogP contribution in [0.1, 0.15) is 36.9 Å². The van der Waals surface area contributed by atoms with Gasteiger partial charge in [0.25, 0.3) is 0 Å². The van der Waals surface area contributed by atoms with E-state index in [9.17, 15) is 0 Å². The molecule has 11 heavy (non-hydrogen) atoms. The predicted octanol–water partition coefficient (Wildman–Crippen LogP) is 3.40. The van der Waals surface area contributed by atoms with E-state index in [0.29, 0.717) is 11.8 Å². The van der Waals surface area contributed by atoms with Crippen molar-refractivity contribution in [3.63, 3.8) is 0 Å². The molecule has 0 aromatic carbocycles. The molecule has 0 N–H and O–H groups in total. The van der Waals surface area contributed by atoms with E-state index >= 15 is 0 Å². The number of hydrogen-bond acceptors (Lipinski definition) is 2. The minimum atomic E-state index is 0.543. The maximum atomic E-state index is 5.64. The molecule has 1 rings (SSSR count). The van der Waals surface area contributed by atoms with Crippen molar-refractivity contribution >= 4 is 22.9 Å². The van der Waals surface area contributed by atoms with E-state index < -0.39 is 0 Å². The van der Waals surface area contributed by atoms with Gasteiger partial charge in [-0.05, 0) is 12.3 Å². The van der Waals surface area contributed by atoms with Crippen LogP contribution in [-0.4, -0.2) is 4.98 Å². The lowest BCUT2D eigenvalue weighted by Crippen LogP contribution is -1.91. The van der Waals surface area contributed by atoms with Crippen LogP contribution in [0, 0.1) is 0 Å². The van der Waals surface area contributed by atoms with Gasteiger partial charge in [0.05, 0.1) is 11.6 Å². The fourth-order valence-corrected chi connectivity index (χ4v) is 1.83. The molecular formula is C8H12ClNS. The zero-order chi connectivity index (χ0) is 8.27. The summed E-state index contributed by atoms with van der Waals surface area (Å²) < 4.78 is 0. The molecule has 0 saturated carbocycles. The summed E-state index contributed by atoms with van der Waals surface area (Å²) >= 11 is 7.29. The Morgan fingerprint density at radius 3 is 2.91 bits per heavy atom. The molecule has 0 saturated heterocycles. The molecule has 0 aliphatic carbocycles. The average Bonchev–Trinajstić information content (AvgIpc) is 2.50. The number of rotatable bonds is 3. The highest BCUT2D eigenvalue weighted by atomic mass is 35.5. The first-order valence-electron chi connectivity index (χ1n) is 3.78. The first-order chi connectivity index (χ1) is 5.27. The maximum Gasteiger partial charge on any atom is 0.108 e. The predicted molar refractivity (Wildman–Crippen MR) is 50.4 cm³/mol. The largest absolute Gasteiger partial charge is 0.245 e. The lowest BCUT2D eigenvalue weighted by atomic mass is 10.1. The molecule has 1 aromatic rings. The number of thiazole rings is 1. The van der Waals surface area contributed by atoms with Crippen LogP contribution in [0.5, 0.6) is 0 Å². The molecule has 1 heterocycles. The van der Waals surface area contributed by atoms with Gasteiger partial charge >= 0.3 is 0 Å². The zero-order valence-corrected chi connectivity index (χ0v) is 8.37. The topological polar surface area (TPSA) is 12.9 Å². The van der Waals surface area contributed by atoms with Crippen LogP contribution >= 0.6 is 22.9 Å². The van der Waals surface area contributed by atoms with Gasteiger partial charge < -0.3 is 0 Å². The molecule has 1 unspecified atom stereocenters. The van der Waals surface area contributed by atoms with Crippen LogP contribution < -0.4 is 0 Å². The van der Waals surface area contributed by atoms with Gasteiger partial charge in [-0.3, -0.25) is 0 Å². The van der Waals surface area contributed by atoms with E-state index in [2.05, 4.69) is 24.2 Å². The number of hydrogen-bond donors (Lipinski definition) is 0. The van der Waals surface area contributed by atoms with Crippen molar-refractivity contribution in [3.8, 4) is 0 Å². The second-order valence-electron chi connectivity index (χ2n) is 2.61. The standard InChI is InChI=1S/C8H12ClNS/c1-3-6(2)7-5-11-8(4-9)10-7/h5-6H,3-4H2,1-2H3. The van der Waals surface area contributed by atoms with Gasteiger partial charge in [0.15, 0.2) is 0 Å². The first-order valence-corrected chi connectivity index (χ1v) is 5.19. The van der Waals surface area contributed by atoms with Gasteiger partial charge in [-0.2, -0.15) is 0 Å². The van der Waals surface area contributed by atoms with Crippen molar-refractivity contribution in [3.05, 3.63) is 16.1 Å². The Morgan fingerprint density at radius 2 is 2.45 bits per heavy atom. The molecule has 1 nitrogen and oxygen atoms in total. The highest BCUT2D eigenvalue weighted by Gasteiger charge is 2.06. The number of halogens is 1. The van der Waals surface area contributed by atoms with Crippen molar-refractivity contribution in [2.75, 3.05) is 0 Å². The minimum absolute atomic E-state index is 0.543. The van der Waals surface area contributed by atoms with Gasteiger partial charge in [0.1, 0.15) is 5.01 Å². The summed E-state index contributed by atoms with van der Waals surface area (Å²) in [6, 6.07) is 0. The molecule has 0 fully saturated rings. The summed E-state index contributed by atoms with van der Waals surface area (Å²) in [6.45, 7) is 4.36. The summed E-state index contributed by atoms with van der Waals surface area (Å²) in [5.74, 6) is 1.12. The smallest absolute Gasteiger partial charge is 0.108 e. The normalized spacial score (nSPS) is 13.4. The van der Waals surface area contributed by atoms with Gasteiger partial charge in [-0.1, -0.05) is 13.8 Å². The highest BCUT2D eigenvalue weighted by molar-refractivity contribution is 7.09.